The standard InChI is InChI=1S/C11H18N2O2S/c1-3-8(14)7(2)11-12-10(13-15-11)9-5-4-6-16-9/h7-9,14H,3-6H2,1-2H3. The van der Waals surface area contributed by atoms with Crippen LogP contribution in [-0.2, 0) is 0 Å². The second kappa shape index (κ2) is 5.19. The molecule has 1 aromatic rings. The van der Waals surface area contributed by atoms with Crippen LogP contribution in [0.2, 0.25) is 0 Å². The van der Waals surface area contributed by atoms with Gasteiger partial charge in [0, 0.05) is 0 Å². The van der Waals surface area contributed by atoms with Crippen molar-refractivity contribution in [2.45, 2.75) is 50.4 Å². The smallest absolute Gasteiger partial charge is 0.232 e. The number of nitrogens with zero attached hydrogens (tertiary/aromatic N) is 2. The minimum Gasteiger partial charge on any atom is -0.392 e. The molecule has 16 heavy (non-hydrogen) atoms. The zero-order valence-corrected chi connectivity index (χ0v) is 10.5. The Morgan fingerprint density at radius 2 is 2.44 bits per heavy atom. The lowest BCUT2D eigenvalue weighted by Gasteiger charge is -2.12. The van der Waals surface area contributed by atoms with Crippen molar-refractivity contribution in [2.75, 3.05) is 5.75 Å². The lowest BCUT2D eigenvalue weighted by Crippen LogP contribution is -2.14. The Balaban J connectivity index is 2.06. The van der Waals surface area contributed by atoms with Gasteiger partial charge in [0.1, 0.15) is 0 Å². The van der Waals surface area contributed by atoms with Crippen molar-refractivity contribution < 1.29 is 9.63 Å². The monoisotopic (exact) mass is 242 g/mol. The van der Waals surface area contributed by atoms with Crippen molar-refractivity contribution in [3.05, 3.63) is 11.7 Å². The second-order valence-electron chi connectivity index (χ2n) is 4.26. The van der Waals surface area contributed by atoms with Gasteiger partial charge in [0.15, 0.2) is 5.82 Å². The van der Waals surface area contributed by atoms with Crippen LogP contribution in [0.5, 0.6) is 0 Å². The van der Waals surface area contributed by atoms with Crippen LogP contribution in [0, 0.1) is 0 Å². The third kappa shape index (κ3) is 2.40. The molecular formula is C11H18N2O2S. The van der Waals surface area contributed by atoms with E-state index < -0.39 is 6.10 Å². The first-order chi connectivity index (χ1) is 7.72. The molecule has 0 bridgehead atoms. The van der Waals surface area contributed by atoms with Gasteiger partial charge in [-0.3, -0.25) is 0 Å². The van der Waals surface area contributed by atoms with Crippen LogP contribution in [0.3, 0.4) is 0 Å². The molecule has 5 heteroatoms. The zero-order chi connectivity index (χ0) is 11.5. The van der Waals surface area contributed by atoms with Crippen molar-refractivity contribution in [1.82, 2.24) is 10.1 Å². The summed E-state index contributed by atoms with van der Waals surface area (Å²) in [6, 6.07) is 0. The maximum atomic E-state index is 9.72. The Labute approximate surface area is 99.8 Å². The summed E-state index contributed by atoms with van der Waals surface area (Å²) in [5.74, 6) is 2.48. The molecule has 1 saturated heterocycles. The summed E-state index contributed by atoms with van der Waals surface area (Å²) >= 11 is 1.89. The predicted molar refractivity (Wildman–Crippen MR) is 63.4 cm³/mol. The van der Waals surface area contributed by atoms with Gasteiger partial charge in [0.05, 0.1) is 17.3 Å². The Bertz CT molecular complexity index is 336. The SMILES string of the molecule is CCC(O)C(C)c1nc(C2CCCS2)no1. The van der Waals surface area contributed by atoms with Crippen molar-refractivity contribution in [2.24, 2.45) is 0 Å². The Kier molecular flexibility index (Phi) is 3.86. The molecule has 3 atom stereocenters. The second-order valence-corrected chi connectivity index (χ2v) is 5.57. The molecule has 1 fully saturated rings. The molecule has 0 aliphatic carbocycles. The van der Waals surface area contributed by atoms with E-state index in [-0.39, 0.29) is 5.92 Å². The predicted octanol–water partition coefficient (Wildman–Crippen LogP) is 2.51. The quantitative estimate of drug-likeness (QED) is 0.879. The average Bonchev–Trinajstić information content (AvgIpc) is 2.96. The molecule has 1 N–H and O–H groups in total. The first kappa shape index (κ1) is 11.9. The molecule has 0 spiro atoms. The van der Waals surface area contributed by atoms with Gasteiger partial charge in [-0.2, -0.15) is 16.7 Å². The molecule has 0 amide bonds. The first-order valence-electron chi connectivity index (χ1n) is 5.85. The van der Waals surface area contributed by atoms with Crippen LogP contribution in [-0.4, -0.2) is 27.1 Å². The maximum absolute atomic E-state index is 9.72. The summed E-state index contributed by atoms with van der Waals surface area (Å²) in [6.45, 7) is 3.87. The summed E-state index contributed by atoms with van der Waals surface area (Å²) in [6.07, 6.45) is 2.67. The Hall–Kier alpha value is -0.550. The molecule has 0 radical (unpaired) electrons. The van der Waals surface area contributed by atoms with Crippen LogP contribution in [0.1, 0.15) is 56.0 Å². The molecule has 3 unspecified atom stereocenters. The Morgan fingerprint density at radius 1 is 1.62 bits per heavy atom. The van der Waals surface area contributed by atoms with Gasteiger partial charge >= 0.3 is 0 Å². The topological polar surface area (TPSA) is 59.2 Å². The van der Waals surface area contributed by atoms with E-state index in [1.54, 1.807) is 0 Å². The van der Waals surface area contributed by atoms with E-state index in [1.807, 2.05) is 25.6 Å². The number of aliphatic hydroxyl groups is 1. The molecule has 2 heterocycles. The first-order valence-corrected chi connectivity index (χ1v) is 6.90. The van der Waals surface area contributed by atoms with Gasteiger partial charge in [0.2, 0.25) is 5.89 Å². The minimum atomic E-state index is -0.399. The number of thioether (sulfide) groups is 1. The van der Waals surface area contributed by atoms with E-state index in [2.05, 4.69) is 10.1 Å². The number of aliphatic hydroxyl groups excluding tert-OH is 1. The van der Waals surface area contributed by atoms with Crippen molar-refractivity contribution >= 4 is 11.8 Å². The number of hydrogen-bond acceptors (Lipinski definition) is 5. The number of hydrogen-bond donors (Lipinski definition) is 1. The molecule has 2 rings (SSSR count). The van der Waals surface area contributed by atoms with Gasteiger partial charge in [-0.25, -0.2) is 0 Å². The summed E-state index contributed by atoms with van der Waals surface area (Å²) in [4.78, 5) is 4.40. The van der Waals surface area contributed by atoms with Gasteiger partial charge in [-0.15, -0.1) is 0 Å². The third-order valence-electron chi connectivity index (χ3n) is 3.06. The fourth-order valence-electron chi connectivity index (χ4n) is 1.86. The number of aromatic nitrogens is 2. The normalized spacial score (nSPS) is 24.6. The molecule has 1 aliphatic heterocycles. The fourth-order valence-corrected chi connectivity index (χ4v) is 3.06. The van der Waals surface area contributed by atoms with Crippen LogP contribution in [0.25, 0.3) is 0 Å². The average molecular weight is 242 g/mol. The van der Waals surface area contributed by atoms with Gasteiger partial charge in [-0.05, 0) is 25.0 Å². The highest BCUT2D eigenvalue weighted by atomic mass is 32.2. The van der Waals surface area contributed by atoms with Crippen LogP contribution in [0.4, 0.5) is 0 Å². The van der Waals surface area contributed by atoms with E-state index in [0.717, 1.165) is 12.2 Å². The zero-order valence-electron chi connectivity index (χ0n) is 9.72. The summed E-state index contributed by atoms with van der Waals surface area (Å²) in [7, 11) is 0. The van der Waals surface area contributed by atoms with Crippen LogP contribution < -0.4 is 0 Å². The highest BCUT2D eigenvalue weighted by Crippen LogP contribution is 2.38. The van der Waals surface area contributed by atoms with E-state index >= 15 is 0 Å². The molecular weight excluding hydrogens is 224 g/mol. The molecule has 4 nitrogen and oxygen atoms in total. The van der Waals surface area contributed by atoms with Crippen molar-refractivity contribution in [3.8, 4) is 0 Å². The molecule has 1 aliphatic rings. The lowest BCUT2D eigenvalue weighted by molar-refractivity contribution is 0.129. The summed E-state index contributed by atoms with van der Waals surface area (Å²) in [5.41, 5.74) is 0. The third-order valence-corrected chi connectivity index (χ3v) is 4.43. The highest BCUT2D eigenvalue weighted by Gasteiger charge is 2.26. The fraction of sp³-hybridized carbons (Fsp3) is 0.818. The highest BCUT2D eigenvalue weighted by molar-refractivity contribution is 7.99. The summed E-state index contributed by atoms with van der Waals surface area (Å²) < 4.78 is 5.23. The minimum absolute atomic E-state index is 0.0716. The van der Waals surface area contributed by atoms with Crippen molar-refractivity contribution in [3.63, 3.8) is 0 Å². The van der Waals surface area contributed by atoms with E-state index in [1.165, 1.54) is 12.2 Å². The Morgan fingerprint density at radius 3 is 3.06 bits per heavy atom. The van der Waals surface area contributed by atoms with Crippen molar-refractivity contribution in [1.29, 1.82) is 0 Å². The van der Waals surface area contributed by atoms with Gasteiger partial charge in [0.25, 0.3) is 0 Å². The van der Waals surface area contributed by atoms with E-state index in [9.17, 15) is 5.11 Å². The van der Waals surface area contributed by atoms with E-state index in [0.29, 0.717) is 17.6 Å². The van der Waals surface area contributed by atoms with Gasteiger partial charge in [-0.1, -0.05) is 19.0 Å². The van der Waals surface area contributed by atoms with E-state index in [4.69, 9.17) is 4.52 Å². The molecule has 1 aromatic heterocycles. The largest absolute Gasteiger partial charge is 0.392 e. The lowest BCUT2D eigenvalue weighted by atomic mass is 10.0. The van der Waals surface area contributed by atoms with Gasteiger partial charge < -0.3 is 9.63 Å². The van der Waals surface area contributed by atoms with Crippen LogP contribution >= 0.6 is 11.8 Å². The maximum Gasteiger partial charge on any atom is 0.232 e. The molecule has 0 saturated carbocycles. The molecule has 0 aromatic carbocycles. The van der Waals surface area contributed by atoms with Crippen LogP contribution in [0.15, 0.2) is 4.52 Å². The molecule has 90 valence electrons. The summed E-state index contributed by atoms with van der Waals surface area (Å²) in [5, 5.41) is 14.1. The number of rotatable bonds is 4.